The van der Waals surface area contributed by atoms with Crippen LogP contribution in [0.1, 0.15) is 30.9 Å². The highest BCUT2D eigenvalue weighted by Crippen LogP contribution is 2.22. The van der Waals surface area contributed by atoms with E-state index in [2.05, 4.69) is 5.32 Å². The van der Waals surface area contributed by atoms with Crippen LogP contribution in [0, 0.1) is 18.7 Å². The molecule has 1 aromatic carbocycles. The minimum atomic E-state index is -0.176. The first-order valence-corrected chi connectivity index (χ1v) is 7.73. The molecule has 1 fully saturated rings. The lowest BCUT2D eigenvalue weighted by atomic mass is 9.97. The number of aryl methyl sites for hydroxylation is 1. The van der Waals surface area contributed by atoms with Crippen molar-refractivity contribution in [3.63, 3.8) is 0 Å². The van der Waals surface area contributed by atoms with Gasteiger partial charge in [-0.15, -0.1) is 0 Å². The van der Waals surface area contributed by atoms with E-state index in [1.165, 1.54) is 13.0 Å². The highest BCUT2D eigenvalue weighted by atomic mass is 19.1. The molecule has 0 spiro atoms. The molecule has 1 heterocycles. The number of rotatable bonds is 5. The second kappa shape index (κ2) is 7.38. The first kappa shape index (κ1) is 16.5. The van der Waals surface area contributed by atoms with E-state index in [1.807, 2.05) is 17.0 Å². The molecular formula is C17H23FN2O2. The van der Waals surface area contributed by atoms with Crippen LogP contribution in [0.25, 0.3) is 0 Å². The zero-order valence-electron chi connectivity index (χ0n) is 13.2. The van der Waals surface area contributed by atoms with Crippen molar-refractivity contribution >= 4 is 11.8 Å². The van der Waals surface area contributed by atoms with Gasteiger partial charge in [-0.05, 0) is 42.9 Å². The zero-order chi connectivity index (χ0) is 16.1. The Labute approximate surface area is 130 Å². The van der Waals surface area contributed by atoms with Gasteiger partial charge in [0.25, 0.3) is 0 Å². The minimum absolute atomic E-state index is 0.0894. The summed E-state index contributed by atoms with van der Waals surface area (Å²) >= 11 is 0. The number of hydrogen-bond acceptors (Lipinski definition) is 2. The summed E-state index contributed by atoms with van der Waals surface area (Å²) < 4.78 is 13.3. The highest BCUT2D eigenvalue weighted by molar-refractivity contribution is 5.78. The fourth-order valence-electron chi connectivity index (χ4n) is 2.90. The van der Waals surface area contributed by atoms with E-state index in [0.717, 1.165) is 31.5 Å². The Hall–Kier alpha value is -1.91. The quantitative estimate of drug-likeness (QED) is 0.905. The van der Waals surface area contributed by atoms with Crippen LogP contribution in [-0.4, -0.2) is 36.3 Å². The first-order chi connectivity index (χ1) is 10.5. The summed E-state index contributed by atoms with van der Waals surface area (Å²) in [6.07, 6.45) is 2.20. The van der Waals surface area contributed by atoms with Crippen molar-refractivity contribution in [2.45, 2.75) is 33.1 Å². The molecule has 1 atom stereocenters. The van der Waals surface area contributed by atoms with Crippen LogP contribution < -0.4 is 5.32 Å². The summed E-state index contributed by atoms with van der Waals surface area (Å²) in [7, 11) is 0. The molecule has 0 saturated carbocycles. The van der Waals surface area contributed by atoms with E-state index >= 15 is 0 Å². The third-order valence-corrected chi connectivity index (χ3v) is 4.10. The molecule has 22 heavy (non-hydrogen) atoms. The normalized spacial score (nSPS) is 17.6. The fraction of sp³-hybridized carbons (Fsp3) is 0.529. The van der Waals surface area contributed by atoms with E-state index in [9.17, 15) is 14.0 Å². The van der Waals surface area contributed by atoms with Crippen LogP contribution in [0.2, 0.25) is 0 Å². The van der Waals surface area contributed by atoms with E-state index in [-0.39, 0.29) is 17.6 Å². The molecule has 120 valence electrons. The van der Waals surface area contributed by atoms with Gasteiger partial charge in [-0.1, -0.05) is 12.1 Å². The van der Waals surface area contributed by atoms with Crippen LogP contribution >= 0.6 is 0 Å². The molecule has 1 aliphatic rings. The molecule has 1 N–H and O–H groups in total. The maximum absolute atomic E-state index is 13.3. The van der Waals surface area contributed by atoms with Gasteiger partial charge in [-0.2, -0.15) is 0 Å². The van der Waals surface area contributed by atoms with Crippen molar-refractivity contribution in [2.75, 3.05) is 19.6 Å². The summed E-state index contributed by atoms with van der Waals surface area (Å²) in [4.78, 5) is 24.7. The fourth-order valence-corrected chi connectivity index (χ4v) is 2.90. The molecule has 0 aromatic heterocycles. The minimum Gasteiger partial charge on any atom is -0.356 e. The summed E-state index contributed by atoms with van der Waals surface area (Å²) in [6.45, 7) is 5.12. The van der Waals surface area contributed by atoms with Gasteiger partial charge in [0.05, 0.1) is 0 Å². The third kappa shape index (κ3) is 4.55. The van der Waals surface area contributed by atoms with Crippen molar-refractivity contribution in [3.05, 3.63) is 35.1 Å². The summed E-state index contributed by atoms with van der Waals surface area (Å²) in [5, 5.41) is 2.64. The Kier molecular flexibility index (Phi) is 5.52. The third-order valence-electron chi connectivity index (χ3n) is 4.10. The van der Waals surface area contributed by atoms with E-state index in [0.29, 0.717) is 24.4 Å². The Bertz CT molecular complexity index is 560. The van der Waals surface area contributed by atoms with E-state index in [1.54, 1.807) is 6.92 Å². The standard InChI is InChI=1S/C17H23FN2O2/c1-12-9-14(3-4-16(12)18)10-15-6-8-20(11-15)17(22)5-7-19-13(2)21/h3-4,9,15H,5-8,10-11H2,1-2H3,(H,19,21). The number of halogens is 1. The molecule has 1 unspecified atom stereocenters. The van der Waals surface area contributed by atoms with Gasteiger partial charge in [0.15, 0.2) is 0 Å². The molecule has 0 radical (unpaired) electrons. The molecular weight excluding hydrogens is 283 g/mol. The monoisotopic (exact) mass is 306 g/mol. The van der Waals surface area contributed by atoms with Crippen LogP contribution in [0.15, 0.2) is 18.2 Å². The van der Waals surface area contributed by atoms with Crippen LogP contribution in [0.3, 0.4) is 0 Å². The van der Waals surface area contributed by atoms with Crippen LogP contribution in [0.5, 0.6) is 0 Å². The predicted octanol–water partition coefficient (Wildman–Crippen LogP) is 2.05. The van der Waals surface area contributed by atoms with Crippen molar-refractivity contribution in [3.8, 4) is 0 Å². The summed E-state index contributed by atoms with van der Waals surface area (Å²) in [6, 6.07) is 5.22. The Balaban J connectivity index is 1.80. The SMILES string of the molecule is CC(=O)NCCC(=O)N1CCC(Cc2ccc(F)c(C)c2)C1. The summed E-state index contributed by atoms with van der Waals surface area (Å²) in [5.41, 5.74) is 1.79. The maximum Gasteiger partial charge on any atom is 0.224 e. The van der Waals surface area contributed by atoms with Gasteiger partial charge in [0, 0.05) is 33.0 Å². The molecule has 4 nitrogen and oxygen atoms in total. The molecule has 2 rings (SSSR count). The number of nitrogens with zero attached hydrogens (tertiary/aromatic N) is 1. The van der Waals surface area contributed by atoms with Gasteiger partial charge in [-0.3, -0.25) is 9.59 Å². The first-order valence-electron chi connectivity index (χ1n) is 7.73. The van der Waals surface area contributed by atoms with Gasteiger partial charge in [-0.25, -0.2) is 4.39 Å². The second-order valence-electron chi connectivity index (χ2n) is 6.02. The molecule has 0 bridgehead atoms. The van der Waals surface area contributed by atoms with Crippen molar-refractivity contribution < 1.29 is 14.0 Å². The molecule has 1 aliphatic heterocycles. The van der Waals surface area contributed by atoms with E-state index in [4.69, 9.17) is 0 Å². The maximum atomic E-state index is 13.3. The van der Waals surface area contributed by atoms with Crippen molar-refractivity contribution in [2.24, 2.45) is 5.92 Å². The van der Waals surface area contributed by atoms with Gasteiger partial charge < -0.3 is 10.2 Å². The number of likely N-dealkylation sites (tertiary alicyclic amines) is 1. The number of benzene rings is 1. The smallest absolute Gasteiger partial charge is 0.224 e. The predicted molar refractivity (Wildman–Crippen MR) is 82.8 cm³/mol. The molecule has 1 saturated heterocycles. The molecule has 0 aliphatic carbocycles. The van der Waals surface area contributed by atoms with Gasteiger partial charge >= 0.3 is 0 Å². The van der Waals surface area contributed by atoms with Crippen molar-refractivity contribution in [1.29, 1.82) is 0 Å². The largest absolute Gasteiger partial charge is 0.356 e. The van der Waals surface area contributed by atoms with Crippen LogP contribution in [-0.2, 0) is 16.0 Å². The zero-order valence-corrected chi connectivity index (χ0v) is 13.2. The van der Waals surface area contributed by atoms with E-state index < -0.39 is 0 Å². The lowest BCUT2D eigenvalue weighted by molar-refractivity contribution is -0.130. The Morgan fingerprint density at radius 2 is 2.18 bits per heavy atom. The molecule has 1 aromatic rings. The van der Waals surface area contributed by atoms with Crippen molar-refractivity contribution in [1.82, 2.24) is 10.2 Å². The second-order valence-corrected chi connectivity index (χ2v) is 6.02. The van der Waals surface area contributed by atoms with Crippen LogP contribution in [0.4, 0.5) is 4.39 Å². The Morgan fingerprint density at radius 1 is 1.41 bits per heavy atom. The lowest BCUT2D eigenvalue weighted by Crippen LogP contribution is -2.32. The molecule has 5 heteroatoms. The lowest BCUT2D eigenvalue weighted by Gasteiger charge is -2.17. The number of nitrogens with one attached hydrogen (secondary N) is 1. The highest BCUT2D eigenvalue weighted by Gasteiger charge is 2.26. The average molecular weight is 306 g/mol. The Morgan fingerprint density at radius 3 is 2.86 bits per heavy atom. The number of carbonyl (C=O) groups is 2. The van der Waals surface area contributed by atoms with Gasteiger partial charge in [0.1, 0.15) is 5.82 Å². The topological polar surface area (TPSA) is 49.4 Å². The average Bonchev–Trinajstić information content (AvgIpc) is 2.91. The number of hydrogen-bond donors (Lipinski definition) is 1. The number of carbonyl (C=O) groups excluding carboxylic acids is 2. The molecule has 2 amide bonds. The number of amides is 2. The van der Waals surface area contributed by atoms with Gasteiger partial charge in [0.2, 0.25) is 11.8 Å². The summed E-state index contributed by atoms with van der Waals surface area (Å²) in [5.74, 6) is 0.227.